The lowest BCUT2D eigenvalue weighted by molar-refractivity contribution is 0.343. The Hall–Kier alpha value is -4.40. The third-order valence-electron chi connectivity index (χ3n) is 5.12. The van der Waals surface area contributed by atoms with Gasteiger partial charge in [-0.15, -0.1) is 0 Å². The maximum atomic E-state index is 10.8. The Labute approximate surface area is 183 Å². The second-order valence-electron chi connectivity index (χ2n) is 7.10. The van der Waals surface area contributed by atoms with E-state index >= 15 is 0 Å². The van der Waals surface area contributed by atoms with Crippen LogP contribution in [0.25, 0.3) is 27.8 Å². The normalized spacial score (nSPS) is 11.1. The molecule has 0 aromatic carbocycles. The van der Waals surface area contributed by atoms with Gasteiger partial charge in [0.1, 0.15) is 0 Å². The van der Waals surface area contributed by atoms with Crippen LogP contribution in [0.5, 0.6) is 17.5 Å². The Bertz CT molecular complexity index is 1390. The Morgan fingerprint density at radius 3 is 2.69 bits per heavy atom. The van der Waals surface area contributed by atoms with Crippen LogP contribution >= 0.6 is 0 Å². The van der Waals surface area contributed by atoms with E-state index in [1.165, 1.54) is 0 Å². The quantitative estimate of drug-likeness (QED) is 0.442. The highest BCUT2D eigenvalue weighted by molar-refractivity contribution is 5.87. The molecule has 0 saturated carbocycles. The van der Waals surface area contributed by atoms with Gasteiger partial charge in [-0.25, -0.2) is 9.97 Å². The maximum Gasteiger partial charge on any atom is 0.256 e. The molecule has 0 radical (unpaired) electrons. The molecule has 32 heavy (non-hydrogen) atoms. The first kappa shape index (κ1) is 19.6. The first-order valence-corrected chi connectivity index (χ1v) is 9.88. The molecule has 5 rings (SSSR count). The molecule has 9 nitrogen and oxygen atoms in total. The lowest BCUT2D eigenvalue weighted by atomic mass is 10.1. The maximum absolute atomic E-state index is 10.8. The molecule has 0 fully saturated rings. The van der Waals surface area contributed by atoms with Crippen molar-refractivity contribution in [2.75, 3.05) is 14.2 Å². The Morgan fingerprint density at radius 2 is 1.91 bits per heavy atom. The standard InChI is InChI=1S/C23H20N6O3/c1-31-21-9-15(10-25-22(21)32-2)19-7-6-18-20(27-19)14-29(23(18)30)17-11-26-28(13-17)12-16-5-3-4-8-24-16/h3-11,13-14,30H,12H2,1-2H3. The number of nitrogens with zero attached hydrogens (tertiary/aromatic N) is 6. The van der Waals surface area contributed by atoms with Crippen molar-refractivity contribution in [3.8, 4) is 34.5 Å². The fourth-order valence-corrected chi connectivity index (χ4v) is 3.53. The van der Waals surface area contributed by atoms with Crippen molar-refractivity contribution in [3.63, 3.8) is 0 Å². The highest BCUT2D eigenvalue weighted by atomic mass is 16.5. The molecule has 0 saturated heterocycles. The number of hydrogen-bond acceptors (Lipinski definition) is 7. The van der Waals surface area contributed by atoms with Crippen molar-refractivity contribution in [2.45, 2.75) is 6.54 Å². The molecule has 0 aliphatic carbocycles. The van der Waals surface area contributed by atoms with Gasteiger partial charge in [0.05, 0.1) is 54.9 Å². The number of aromatic nitrogens is 6. The van der Waals surface area contributed by atoms with Gasteiger partial charge in [-0.3, -0.25) is 14.2 Å². The monoisotopic (exact) mass is 428 g/mol. The van der Waals surface area contributed by atoms with Gasteiger partial charge in [-0.05, 0) is 30.3 Å². The van der Waals surface area contributed by atoms with Gasteiger partial charge in [0.15, 0.2) is 5.75 Å². The van der Waals surface area contributed by atoms with E-state index in [0.29, 0.717) is 34.8 Å². The molecule has 5 heterocycles. The van der Waals surface area contributed by atoms with Gasteiger partial charge in [-0.1, -0.05) is 6.07 Å². The van der Waals surface area contributed by atoms with Crippen LogP contribution in [0, 0.1) is 0 Å². The average Bonchev–Trinajstić information content (AvgIpc) is 3.43. The summed E-state index contributed by atoms with van der Waals surface area (Å²) in [5, 5.41) is 15.8. The zero-order valence-corrected chi connectivity index (χ0v) is 17.5. The average molecular weight is 428 g/mol. The van der Waals surface area contributed by atoms with Gasteiger partial charge >= 0.3 is 0 Å². The summed E-state index contributed by atoms with van der Waals surface area (Å²) >= 11 is 0. The topological polar surface area (TPSA) is 100 Å². The van der Waals surface area contributed by atoms with Crippen LogP contribution in [-0.2, 0) is 6.54 Å². The van der Waals surface area contributed by atoms with Crippen LogP contribution in [0.4, 0.5) is 0 Å². The summed E-state index contributed by atoms with van der Waals surface area (Å²) in [4.78, 5) is 13.3. The number of pyridine rings is 3. The van der Waals surface area contributed by atoms with Crippen molar-refractivity contribution < 1.29 is 14.6 Å². The lowest BCUT2D eigenvalue weighted by Gasteiger charge is -2.08. The third-order valence-corrected chi connectivity index (χ3v) is 5.12. The fourth-order valence-electron chi connectivity index (χ4n) is 3.53. The van der Waals surface area contributed by atoms with Gasteiger partial charge in [0, 0.05) is 30.4 Å². The Balaban J connectivity index is 1.48. The number of hydrogen-bond donors (Lipinski definition) is 1. The van der Waals surface area contributed by atoms with Crippen molar-refractivity contribution in [2.24, 2.45) is 0 Å². The summed E-state index contributed by atoms with van der Waals surface area (Å²) in [7, 11) is 3.10. The van der Waals surface area contributed by atoms with E-state index in [1.54, 1.807) is 48.3 Å². The van der Waals surface area contributed by atoms with Gasteiger partial charge in [0.25, 0.3) is 5.88 Å². The fraction of sp³-hybridized carbons (Fsp3) is 0.130. The Kier molecular flexibility index (Phi) is 4.91. The molecule has 0 atom stereocenters. The first-order valence-electron chi connectivity index (χ1n) is 9.88. The third kappa shape index (κ3) is 3.49. The molecule has 0 spiro atoms. The highest BCUT2D eigenvalue weighted by Gasteiger charge is 2.15. The molecule has 1 N–H and O–H groups in total. The van der Waals surface area contributed by atoms with E-state index in [4.69, 9.17) is 14.5 Å². The predicted octanol–water partition coefficient (Wildman–Crippen LogP) is 3.45. The van der Waals surface area contributed by atoms with E-state index in [1.807, 2.05) is 42.6 Å². The number of methoxy groups -OCH3 is 2. The van der Waals surface area contributed by atoms with Crippen LogP contribution < -0.4 is 9.47 Å². The summed E-state index contributed by atoms with van der Waals surface area (Å²) in [5.74, 6) is 1.03. The molecule has 0 unspecified atom stereocenters. The van der Waals surface area contributed by atoms with Gasteiger partial charge < -0.3 is 14.6 Å². The number of fused-ring (bicyclic) bond motifs is 1. The van der Waals surface area contributed by atoms with E-state index in [2.05, 4.69) is 15.1 Å². The largest absolute Gasteiger partial charge is 0.494 e. The number of rotatable bonds is 6. The zero-order chi connectivity index (χ0) is 22.1. The summed E-state index contributed by atoms with van der Waals surface area (Å²) in [6, 6.07) is 11.2. The SMILES string of the molecule is COc1cc(-c2ccc3c(O)n(-c4cnn(Cc5ccccn5)c4)cc3n2)cnc1OC. The molecular formula is C23H20N6O3. The molecule has 0 amide bonds. The minimum atomic E-state index is 0.0990. The van der Waals surface area contributed by atoms with Gasteiger partial charge in [-0.2, -0.15) is 5.10 Å². The molecule has 0 aliphatic heterocycles. The molecule has 5 aromatic rings. The molecule has 5 aromatic heterocycles. The molecular weight excluding hydrogens is 408 g/mol. The summed E-state index contributed by atoms with van der Waals surface area (Å²) in [6.45, 7) is 0.539. The number of aromatic hydroxyl groups is 1. The van der Waals surface area contributed by atoms with Gasteiger partial charge in [0.2, 0.25) is 5.88 Å². The lowest BCUT2D eigenvalue weighted by Crippen LogP contribution is -2.01. The van der Waals surface area contributed by atoms with E-state index < -0.39 is 0 Å². The Morgan fingerprint density at radius 1 is 1.00 bits per heavy atom. The smallest absolute Gasteiger partial charge is 0.256 e. The van der Waals surface area contributed by atoms with E-state index in [0.717, 1.165) is 16.9 Å². The van der Waals surface area contributed by atoms with Crippen LogP contribution in [-0.4, -0.2) is 48.6 Å². The summed E-state index contributed by atoms with van der Waals surface area (Å²) in [6.07, 6.45) is 8.76. The molecule has 0 bridgehead atoms. The molecule has 9 heteroatoms. The molecule has 160 valence electrons. The minimum absolute atomic E-state index is 0.0990. The zero-order valence-electron chi connectivity index (χ0n) is 17.5. The van der Waals surface area contributed by atoms with E-state index in [9.17, 15) is 5.11 Å². The second-order valence-corrected chi connectivity index (χ2v) is 7.10. The van der Waals surface area contributed by atoms with Crippen LogP contribution in [0.2, 0.25) is 0 Å². The van der Waals surface area contributed by atoms with Crippen LogP contribution in [0.3, 0.4) is 0 Å². The summed E-state index contributed by atoms with van der Waals surface area (Å²) < 4.78 is 14.0. The van der Waals surface area contributed by atoms with Crippen molar-refractivity contribution in [3.05, 3.63) is 73.1 Å². The highest BCUT2D eigenvalue weighted by Crippen LogP contribution is 2.33. The van der Waals surface area contributed by atoms with Crippen molar-refractivity contribution >= 4 is 10.9 Å². The van der Waals surface area contributed by atoms with Crippen LogP contribution in [0.1, 0.15) is 5.69 Å². The van der Waals surface area contributed by atoms with Crippen molar-refractivity contribution in [1.29, 1.82) is 0 Å². The predicted molar refractivity (Wildman–Crippen MR) is 118 cm³/mol. The second kappa shape index (κ2) is 8.03. The first-order chi connectivity index (χ1) is 15.7. The molecule has 0 aliphatic rings. The van der Waals surface area contributed by atoms with E-state index in [-0.39, 0.29) is 5.88 Å². The van der Waals surface area contributed by atoms with Crippen LogP contribution in [0.15, 0.2) is 67.4 Å². The number of ether oxygens (including phenoxy) is 2. The minimum Gasteiger partial charge on any atom is -0.494 e. The van der Waals surface area contributed by atoms with Crippen molar-refractivity contribution in [1.82, 2.24) is 29.3 Å². The summed E-state index contributed by atoms with van der Waals surface area (Å²) in [5.41, 5.74) is 3.76.